The van der Waals surface area contributed by atoms with Crippen LogP contribution in [-0.2, 0) is 5.41 Å². The van der Waals surface area contributed by atoms with Crippen molar-refractivity contribution in [3.8, 4) is 16.8 Å². The molecule has 8 aromatic rings. The van der Waals surface area contributed by atoms with Crippen molar-refractivity contribution in [2.45, 2.75) is 19.3 Å². The monoisotopic (exact) mass is 602 g/mol. The first-order valence-corrected chi connectivity index (χ1v) is 16.2. The lowest BCUT2D eigenvalue weighted by molar-refractivity contribution is 0.750. The first-order chi connectivity index (χ1) is 23.1. The van der Waals surface area contributed by atoms with Crippen molar-refractivity contribution < 1.29 is 0 Å². The van der Waals surface area contributed by atoms with Crippen LogP contribution in [0.4, 0.5) is 17.1 Å². The van der Waals surface area contributed by atoms with Crippen LogP contribution in [0.25, 0.3) is 38.8 Å². The zero-order valence-corrected chi connectivity index (χ0v) is 26.1. The van der Waals surface area contributed by atoms with Crippen molar-refractivity contribution in [2.75, 3.05) is 4.90 Å². The first kappa shape index (κ1) is 26.2. The minimum Gasteiger partial charge on any atom is -0.310 e. The van der Waals surface area contributed by atoms with Gasteiger partial charge in [0.25, 0.3) is 0 Å². The predicted octanol–water partition coefficient (Wildman–Crippen LogP) is 10.3. The molecule has 0 bridgehead atoms. The standard InChI is InChI=1S/C43H30N4/c1-27-15-18-39-36(23-27)43(34-12-5-3-10-31(34)32-11-4-6-13-35(32)43)37-24-28(2)16-19-40(37)46(39)29-17-20-38-33(25-29)42-41(14-8-22-45-42)47(38)30-9-7-21-44-26-30/h3-26H,1-2H3. The van der Waals surface area contributed by atoms with Crippen LogP contribution in [0.1, 0.15) is 33.4 Å². The molecular weight excluding hydrogens is 573 g/mol. The first-order valence-electron chi connectivity index (χ1n) is 16.2. The molecule has 222 valence electrons. The predicted molar refractivity (Wildman–Crippen MR) is 191 cm³/mol. The van der Waals surface area contributed by atoms with Crippen LogP contribution in [0.2, 0.25) is 0 Å². The molecule has 0 N–H and O–H groups in total. The van der Waals surface area contributed by atoms with E-state index in [0.717, 1.165) is 33.3 Å². The van der Waals surface area contributed by atoms with Crippen molar-refractivity contribution in [3.05, 3.63) is 179 Å². The zero-order chi connectivity index (χ0) is 31.3. The summed E-state index contributed by atoms with van der Waals surface area (Å²) < 4.78 is 2.26. The van der Waals surface area contributed by atoms with Gasteiger partial charge in [-0.3, -0.25) is 9.97 Å². The summed E-state index contributed by atoms with van der Waals surface area (Å²) in [4.78, 5) is 11.8. The van der Waals surface area contributed by atoms with E-state index in [1.54, 1.807) is 0 Å². The molecule has 0 radical (unpaired) electrons. The second-order valence-electron chi connectivity index (χ2n) is 12.8. The van der Waals surface area contributed by atoms with E-state index in [0.29, 0.717) is 0 Å². The Hall–Kier alpha value is -6.00. The van der Waals surface area contributed by atoms with Gasteiger partial charge >= 0.3 is 0 Å². The van der Waals surface area contributed by atoms with Gasteiger partial charge in [0.1, 0.15) is 0 Å². The summed E-state index contributed by atoms with van der Waals surface area (Å²) in [6.07, 6.45) is 5.62. The molecule has 1 aliphatic carbocycles. The van der Waals surface area contributed by atoms with Crippen LogP contribution >= 0.6 is 0 Å². The van der Waals surface area contributed by atoms with Crippen LogP contribution in [0.5, 0.6) is 0 Å². The highest BCUT2D eigenvalue weighted by atomic mass is 15.2. The van der Waals surface area contributed by atoms with Crippen LogP contribution in [-0.4, -0.2) is 14.5 Å². The molecule has 0 fully saturated rings. The third kappa shape index (κ3) is 3.42. The Morgan fingerprint density at radius 2 is 1.19 bits per heavy atom. The molecule has 4 heteroatoms. The molecule has 0 atom stereocenters. The highest BCUT2D eigenvalue weighted by Gasteiger charge is 2.51. The molecular formula is C43H30N4. The van der Waals surface area contributed by atoms with Gasteiger partial charge in [0.2, 0.25) is 0 Å². The Morgan fingerprint density at radius 1 is 0.532 bits per heavy atom. The second-order valence-corrected chi connectivity index (χ2v) is 12.8. The Balaban J connectivity index is 1.30. The number of fused-ring (bicyclic) bond motifs is 12. The average Bonchev–Trinajstić information content (AvgIpc) is 3.60. The van der Waals surface area contributed by atoms with Gasteiger partial charge in [-0.25, -0.2) is 0 Å². The maximum absolute atomic E-state index is 4.90. The highest BCUT2D eigenvalue weighted by Crippen LogP contribution is 2.63. The molecule has 3 aromatic heterocycles. The number of aromatic nitrogens is 3. The molecule has 2 aliphatic rings. The van der Waals surface area contributed by atoms with Crippen LogP contribution in [0, 0.1) is 13.8 Å². The van der Waals surface area contributed by atoms with Crippen molar-refractivity contribution in [2.24, 2.45) is 0 Å². The Morgan fingerprint density at radius 3 is 1.85 bits per heavy atom. The molecule has 47 heavy (non-hydrogen) atoms. The fourth-order valence-corrected chi connectivity index (χ4v) is 8.39. The van der Waals surface area contributed by atoms with E-state index < -0.39 is 5.41 Å². The Kier molecular flexibility index (Phi) is 5.31. The number of hydrogen-bond acceptors (Lipinski definition) is 3. The van der Waals surface area contributed by atoms with Crippen LogP contribution in [0.3, 0.4) is 0 Å². The molecule has 4 heterocycles. The van der Waals surface area contributed by atoms with E-state index in [9.17, 15) is 0 Å². The summed E-state index contributed by atoms with van der Waals surface area (Å²) in [5.74, 6) is 0. The lowest BCUT2D eigenvalue weighted by Crippen LogP contribution is -2.36. The molecule has 10 rings (SSSR count). The van der Waals surface area contributed by atoms with Gasteiger partial charge in [-0.2, -0.15) is 0 Å². The van der Waals surface area contributed by atoms with Gasteiger partial charge in [-0.05, 0) is 102 Å². The van der Waals surface area contributed by atoms with Crippen molar-refractivity contribution in [1.29, 1.82) is 0 Å². The maximum Gasteiger partial charge on any atom is 0.0964 e. The van der Waals surface area contributed by atoms with Crippen LogP contribution < -0.4 is 4.90 Å². The van der Waals surface area contributed by atoms with Gasteiger partial charge in [-0.15, -0.1) is 0 Å². The minimum atomic E-state index is -0.436. The number of nitrogens with zero attached hydrogens (tertiary/aromatic N) is 4. The zero-order valence-electron chi connectivity index (χ0n) is 26.1. The SMILES string of the molecule is Cc1ccc2c(c1)C1(c3ccccc3-c3ccccc31)c1cc(C)ccc1N2c1ccc2c(c1)c1ncccc1n2-c1cccnc1. The van der Waals surface area contributed by atoms with E-state index in [2.05, 4.69) is 144 Å². The van der Waals surface area contributed by atoms with E-state index in [1.165, 1.54) is 55.9 Å². The average molecular weight is 603 g/mol. The molecule has 0 saturated heterocycles. The highest BCUT2D eigenvalue weighted by molar-refractivity contribution is 6.09. The molecule has 4 nitrogen and oxygen atoms in total. The summed E-state index contributed by atoms with van der Waals surface area (Å²) in [6, 6.07) is 47.0. The minimum absolute atomic E-state index is 0.436. The van der Waals surface area contributed by atoms with Gasteiger partial charge in [-0.1, -0.05) is 83.9 Å². The van der Waals surface area contributed by atoms with Gasteiger partial charge in [0, 0.05) is 23.5 Å². The summed E-state index contributed by atoms with van der Waals surface area (Å²) in [5, 5.41) is 1.11. The lowest BCUT2D eigenvalue weighted by Gasteiger charge is -2.45. The fraction of sp³-hybridized carbons (Fsp3) is 0.0698. The molecule has 5 aromatic carbocycles. The van der Waals surface area contributed by atoms with E-state index in [4.69, 9.17) is 4.98 Å². The van der Waals surface area contributed by atoms with E-state index in [-0.39, 0.29) is 0 Å². The molecule has 0 amide bonds. The Bertz CT molecular complexity index is 2460. The molecule has 0 unspecified atom stereocenters. The Labute approximate surface area is 273 Å². The number of benzene rings is 5. The quantitative estimate of drug-likeness (QED) is 0.197. The maximum atomic E-state index is 4.90. The molecule has 0 saturated carbocycles. The van der Waals surface area contributed by atoms with Gasteiger partial charge < -0.3 is 9.47 Å². The summed E-state index contributed by atoms with van der Waals surface area (Å²) in [7, 11) is 0. The smallest absolute Gasteiger partial charge is 0.0964 e. The second kappa shape index (κ2) is 9.51. The summed E-state index contributed by atoms with van der Waals surface area (Å²) >= 11 is 0. The molecule has 1 aliphatic heterocycles. The van der Waals surface area contributed by atoms with Crippen molar-refractivity contribution in [3.63, 3.8) is 0 Å². The van der Waals surface area contributed by atoms with E-state index in [1.807, 2.05) is 30.7 Å². The normalized spacial score (nSPS) is 13.9. The molecule has 1 spiro atoms. The summed E-state index contributed by atoms with van der Waals surface area (Å²) in [6.45, 7) is 4.42. The number of aryl methyl sites for hydroxylation is 2. The third-order valence-electron chi connectivity index (χ3n) is 10.2. The number of rotatable bonds is 2. The number of hydrogen-bond donors (Lipinski definition) is 0. The number of pyridine rings is 2. The third-order valence-corrected chi connectivity index (χ3v) is 10.2. The largest absolute Gasteiger partial charge is 0.310 e. The van der Waals surface area contributed by atoms with Gasteiger partial charge in [0.05, 0.1) is 45.2 Å². The van der Waals surface area contributed by atoms with Crippen molar-refractivity contribution in [1.82, 2.24) is 14.5 Å². The topological polar surface area (TPSA) is 34.0 Å². The summed E-state index contributed by atoms with van der Waals surface area (Å²) in [5.41, 5.74) is 17.7. The van der Waals surface area contributed by atoms with Crippen LogP contribution in [0.15, 0.2) is 146 Å². The van der Waals surface area contributed by atoms with Crippen molar-refractivity contribution >= 4 is 39.0 Å². The van der Waals surface area contributed by atoms with Gasteiger partial charge in [0.15, 0.2) is 0 Å². The van der Waals surface area contributed by atoms with E-state index >= 15 is 0 Å². The lowest BCUT2D eigenvalue weighted by atomic mass is 9.64. The fourth-order valence-electron chi connectivity index (χ4n) is 8.39. The number of anilines is 3.